The average molecular weight is 375 g/mol. The minimum atomic E-state index is -0.0434. The first kappa shape index (κ1) is 13.3. The number of rotatable bonds is 2. The third-order valence-electron chi connectivity index (χ3n) is 2.75. The van der Waals surface area contributed by atoms with Crippen LogP contribution in [0.3, 0.4) is 0 Å². The van der Waals surface area contributed by atoms with Gasteiger partial charge in [-0.25, -0.2) is 0 Å². The number of aryl methyl sites for hydroxylation is 2. The smallest absolute Gasteiger partial charge is 0.0731 e. The average Bonchev–Trinajstić information content (AvgIpc) is 2.58. The highest BCUT2D eigenvalue weighted by molar-refractivity contribution is 9.11. The van der Waals surface area contributed by atoms with E-state index in [9.17, 15) is 0 Å². The Kier molecular flexibility index (Phi) is 4.08. The van der Waals surface area contributed by atoms with Gasteiger partial charge in [0, 0.05) is 9.35 Å². The van der Waals surface area contributed by atoms with E-state index in [0.29, 0.717) is 0 Å². The summed E-state index contributed by atoms with van der Waals surface area (Å²) in [4.78, 5) is 1.19. The molecule has 1 aromatic heterocycles. The summed E-state index contributed by atoms with van der Waals surface area (Å²) in [5, 5.41) is 0. The Labute approximate surface area is 122 Å². The van der Waals surface area contributed by atoms with E-state index >= 15 is 0 Å². The summed E-state index contributed by atoms with van der Waals surface area (Å²) >= 11 is 8.72. The second-order valence-corrected chi connectivity index (χ2v) is 7.40. The number of halogens is 2. The molecule has 1 unspecified atom stereocenters. The molecular formula is C13H13Br2NS. The predicted octanol–water partition coefficient (Wildman–Crippen LogP) is 4.94. The van der Waals surface area contributed by atoms with Crippen molar-refractivity contribution in [2.24, 2.45) is 5.73 Å². The number of nitrogens with two attached hydrogens (primary N) is 1. The van der Waals surface area contributed by atoms with E-state index in [4.69, 9.17) is 5.73 Å². The fraction of sp³-hybridized carbons (Fsp3) is 0.231. The van der Waals surface area contributed by atoms with E-state index in [1.54, 1.807) is 11.3 Å². The van der Waals surface area contributed by atoms with Gasteiger partial charge in [-0.1, -0.05) is 22.0 Å². The Hall–Kier alpha value is -0.160. The summed E-state index contributed by atoms with van der Waals surface area (Å²) < 4.78 is 2.26. The van der Waals surface area contributed by atoms with E-state index in [0.717, 1.165) is 8.26 Å². The highest BCUT2D eigenvalue weighted by Gasteiger charge is 2.15. The molecule has 0 aliphatic rings. The maximum Gasteiger partial charge on any atom is 0.0731 e. The molecule has 2 aromatic rings. The first-order valence-electron chi connectivity index (χ1n) is 5.26. The van der Waals surface area contributed by atoms with Crippen LogP contribution in [0.5, 0.6) is 0 Å². The summed E-state index contributed by atoms with van der Waals surface area (Å²) in [6.45, 7) is 4.18. The van der Waals surface area contributed by atoms with Crippen LogP contribution in [0.1, 0.15) is 27.6 Å². The minimum Gasteiger partial charge on any atom is -0.320 e. The molecule has 0 saturated carbocycles. The lowest BCUT2D eigenvalue weighted by Gasteiger charge is -2.13. The van der Waals surface area contributed by atoms with E-state index in [1.807, 2.05) is 6.07 Å². The van der Waals surface area contributed by atoms with E-state index in [1.165, 1.54) is 21.6 Å². The van der Waals surface area contributed by atoms with Crippen molar-refractivity contribution in [1.82, 2.24) is 0 Å². The third-order valence-corrected chi connectivity index (χ3v) is 5.46. The molecule has 90 valence electrons. The fourth-order valence-corrected chi connectivity index (χ4v) is 3.85. The van der Waals surface area contributed by atoms with Crippen LogP contribution in [0.4, 0.5) is 0 Å². The van der Waals surface area contributed by atoms with Crippen LogP contribution in [0.15, 0.2) is 32.5 Å². The normalized spacial score (nSPS) is 12.8. The van der Waals surface area contributed by atoms with Crippen molar-refractivity contribution in [2.45, 2.75) is 19.9 Å². The van der Waals surface area contributed by atoms with Gasteiger partial charge >= 0.3 is 0 Å². The molecule has 0 aliphatic carbocycles. The zero-order chi connectivity index (χ0) is 12.6. The zero-order valence-corrected chi connectivity index (χ0v) is 13.6. The summed E-state index contributed by atoms with van der Waals surface area (Å²) in [5.74, 6) is 0. The van der Waals surface area contributed by atoms with Gasteiger partial charge in [-0.3, -0.25) is 0 Å². The molecule has 0 radical (unpaired) electrons. The quantitative estimate of drug-likeness (QED) is 0.791. The minimum absolute atomic E-state index is 0.0434. The number of hydrogen-bond acceptors (Lipinski definition) is 2. The van der Waals surface area contributed by atoms with Gasteiger partial charge in [0.1, 0.15) is 0 Å². The molecule has 2 rings (SSSR count). The molecule has 0 fully saturated rings. The predicted molar refractivity (Wildman–Crippen MR) is 81.7 cm³/mol. The van der Waals surface area contributed by atoms with Crippen LogP contribution >= 0.6 is 43.2 Å². The second-order valence-electron chi connectivity index (χ2n) is 4.08. The van der Waals surface area contributed by atoms with E-state index in [-0.39, 0.29) is 6.04 Å². The molecule has 17 heavy (non-hydrogen) atoms. The molecular weight excluding hydrogens is 362 g/mol. The first-order chi connectivity index (χ1) is 7.99. The van der Waals surface area contributed by atoms with Crippen molar-refractivity contribution in [3.8, 4) is 0 Å². The van der Waals surface area contributed by atoms with Crippen molar-refractivity contribution < 1.29 is 0 Å². The molecule has 1 aromatic carbocycles. The zero-order valence-electron chi connectivity index (χ0n) is 9.63. The fourth-order valence-electron chi connectivity index (χ4n) is 1.78. The maximum atomic E-state index is 6.32. The molecule has 0 aliphatic heterocycles. The highest BCUT2D eigenvalue weighted by atomic mass is 79.9. The van der Waals surface area contributed by atoms with Crippen molar-refractivity contribution >= 4 is 43.2 Å². The Balaban J connectivity index is 2.39. The summed E-state index contributed by atoms with van der Waals surface area (Å²) in [6, 6.07) is 8.34. The summed E-state index contributed by atoms with van der Waals surface area (Å²) in [6.07, 6.45) is 0. The summed E-state index contributed by atoms with van der Waals surface area (Å²) in [7, 11) is 0. The van der Waals surface area contributed by atoms with Gasteiger partial charge in [0.25, 0.3) is 0 Å². The topological polar surface area (TPSA) is 26.0 Å². The molecule has 4 heteroatoms. The van der Waals surface area contributed by atoms with Crippen molar-refractivity contribution in [3.05, 3.63) is 54.1 Å². The standard InChI is InChI=1S/C13H13Br2NS/c1-7-5-9(14)3-4-10(7)12(16)11-6-8(2)13(15)17-11/h3-6,12H,16H2,1-2H3. The molecule has 0 amide bonds. The van der Waals surface area contributed by atoms with Crippen LogP contribution in [0.2, 0.25) is 0 Å². The number of hydrogen-bond donors (Lipinski definition) is 1. The number of thiophene rings is 1. The Morgan fingerprint density at radius 3 is 2.35 bits per heavy atom. The first-order valence-corrected chi connectivity index (χ1v) is 7.66. The van der Waals surface area contributed by atoms with Gasteiger partial charge in [-0.2, -0.15) is 0 Å². The van der Waals surface area contributed by atoms with Gasteiger partial charge < -0.3 is 5.73 Å². The molecule has 0 bridgehead atoms. The third kappa shape index (κ3) is 2.81. The lowest BCUT2D eigenvalue weighted by atomic mass is 10.0. The van der Waals surface area contributed by atoms with E-state index < -0.39 is 0 Å². The van der Waals surface area contributed by atoms with Gasteiger partial charge in [-0.05, 0) is 64.7 Å². The maximum absolute atomic E-state index is 6.32. The van der Waals surface area contributed by atoms with Gasteiger partial charge in [0.2, 0.25) is 0 Å². The largest absolute Gasteiger partial charge is 0.320 e. The molecule has 1 nitrogen and oxygen atoms in total. The van der Waals surface area contributed by atoms with Crippen LogP contribution in [-0.2, 0) is 0 Å². The molecule has 0 saturated heterocycles. The number of benzene rings is 1. The Bertz CT molecular complexity index is 529. The highest BCUT2D eigenvalue weighted by Crippen LogP contribution is 2.34. The molecule has 1 atom stereocenters. The molecule has 2 N–H and O–H groups in total. The van der Waals surface area contributed by atoms with Crippen molar-refractivity contribution in [3.63, 3.8) is 0 Å². The lowest BCUT2D eigenvalue weighted by Crippen LogP contribution is -2.11. The second kappa shape index (κ2) is 5.22. The van der Waals surface area contributed by atoms with Gasteiger partial charge in [-0.15, -0.1) is 11.3 Å². The monoisotopic (exact) mass is 373 g/mol. The van der Waals surface area contributed by atoms with Gasteiger partial charge in [0.15, 0.2) is 0 Å². The SMILES string of the molecule is Cc1cc(Br)ccc1C(N)c1cc(C)c(Br)s1. The summed E-state index contributed by atoms with van der Waals surface area (Å²) in [5.41, 5.74) is 9.97. The van der Waals surface area contributed by atoms with Gasteiger partial charge in [0.05, 0.1) is 9.83 Å². The van der Waals surface area contributed by atoms with Crippen molar-refractivity contribution in [1.29, 1.82) is 0 Å². The van der Waals surface area contributed by atoms with Crippen LogP contribution in [0, 0.1) is 13.8 Å². The Morgan fingerprint density at radius 1 is 1.12 bits per heavy atom. The van der Waals surface area contributed by atoms with Crippen molar-refractivity contribution in [2.75, 3.05) is 0 Å². The van der Waals surface area contributed by atoms with Crippen LogP contribution in [-0.4, -0.2) is 0 Å². The van der Waals surface area contributed by atoms with Crippen LogP contribution in [0.25, 0.3) is 0 Å². The Morgan fingerprint density at radius 2 is 1.82 bits per heavy atom. The van der Waals surface area contributed by atoms with Crippen LogP contribution < -0.4 is 5.73 Å². The van der Waals surface area contributed by atoms with E-state index in [2.05, 4.69) is 63.9 Å². The molecule has 1 heterocycles. The lowest BCUT2D eigenvalue weighted by molar-refractivity contribution is 0.881. The molecule has 0 spiro atoms.